The van der Waals surface area contributed by atoms with Gasteiger partial charge in [0.1, 0.15) is 11.6 Å². The zero-order valence-corrected chi connectivity index (χ0v) is 10.1. The van der Waals surface area contributed by atoms with Crippen LogP contribution in [0.2, 0.25) is 0 Å². The van der Waals surface area contributed by atoms with Crippen LogP contribution in [0.3, 0.4) is 0 Å². The Balaban J connectivity index is 2.26. The van der Waals surface area contributed by atoms with Gasteiger partial charge in [-0.2, -0.15) is 0 Å². The van der Waals surface area contributed by atoms with E-state index < -0.39 is 6.04 Å². The average molecular weight is 246 g/mol. The van der Waals surface area contributed by atoms with E-state index >= 15 is 0 Å². The first-order chi connectivity index (χ1) is 8.72. The van der Waals surface area contributed by atoms with E-state index in [1.165, 1.54) is 13.2 Å². The van der Waals surface area contributed by atoms with Gasteiger partial charge in [0.05, 0.1) is 7.11 Å². The number of aromatic nitrogens is 1. The van der Waals surface area contributed by atoms with Gasteiger partial charge in [-0.25, -0.2) is 4.39 Å². The fourth-order valence-corrected chi connectivity index (χ4v) is 1.93. The molecule has 0 bridgehead atoms. The molecule has 2 N–H and O–H groups in total. The summed E-state index contributed by atoms with van der Waals surface area (Å²) in [5.74, 6) is 0.136. The second-order valence-electron chi connectivity index (χ2n) is 4.03. The largest absolute Gasteiger partial charge is 0.496 e. The van der Waals surface area contributed by atoms with Gasteiger partial charge in [-0.05, 0) is 30.2 Å². The monoisotopic (exact) mass is 246 g/mol. The van der Waals surface area contributed by atoms with Gasteiger partial charge in [0.25, 0.3) is 0 Å². The molecule has 1 unspecified atom stereocenters. The van der Waals surface area contributed by atoms with Gasteiger partial charge in [0, 0.05) is 24.0 Å². The lowest BCUT2D eigenvalue weighted by Crippen LogP contribution is -2.16. The fraction of sp³-hybridized carbons (Fsp3) is 0.214. The quantitative estimate of drug-likeness (QED) is 0.901. The Bertz CT molecular complexity index is 516. The van der Waals surface area contributed by atoms with E-state index in [0.29, 0.717) is 17.7 Å². The molecule has 94 valence electrons. The lowest BCUT2D eigenvalue weighted by molar-refractivity contribution is 0.399. The van der Waals surface area contributed by atoms with E-state index in [4.69, 9.17) is 10.5 Å². The number of nitrogens with zero attached hydrogens (tertiary/aromatic N) is 1. The molecule has 3 nitrogen and oxygen atoms in total. The Morgan fingerprint density at radius 1 is 1.33 bits per heavy atom. The molecule has 0 aliphatic carbocycles. The predicted octanol–water partition coefficient (Wildman–Crippen LogP) is 2.47. The minimum Gasteiger partial charge on any atom is -0.496 e. The summed E-state index contributed by atoms with van der Waals surface area (Å²) in [5.41, 5.74) is 7.43. The molecule has 0 fully saturated rings. The van der Waals surface area contributed by atoms with Crippen LogP contribution in [0.5, 0.6) is 5.75 Å². The summed E-state index contributed by atoms with van der Waals surface area (Å²) in [5, 5.41) is 0. The van der Waals surface area contributed by atoms with E-state index in [9.17, 15) is 4.39 Å². The zero-order valence-electron chi connectivity index (χ0n) is 10.1. The van der Waals surface area contributed by atoms with Crippen molar-refractivity contribution in [1.82, 2.24) is 4.98 Å². The molecule has 0 amide bonds. The van der Waals surface area contributed by atoms with E-state index in [1.807, 2.05) is 12.1 Å². The van der Waals surface area contributed by atoms with E-state index in [2.05, 4.69) is 4.98 Å². The van der Waals surface area contributed by atoms with Crippen LogP contribution in [0, 0.1) is 5.82 Å². The molecule has 1 atom stereocenters. The van der Waals surface area contributed by atoms with Gasteiger partial charge >= 0.3 is 0 Å². The standard InChI is InChI=1S/C14H15FN2O/c1-18-13-6-2-5-11(15)14(13)12(16)8-10-4-3-7-17-9-10/h2-7,9,12H,8,16H2,1H3. The van der Waals surface area contributed by atoms with E-state index in [0.717, 1.165) is 5.56 Å². The predicted molar refractivity (Wildman–Crippen MR) is 67.8 cm³/mol. The van der Waals surface area contributed by atoms with Crippen LogP contribution in [0.1, 0.15) is 17.2 Å². The topological polar surface area (TPSA) is 48.1 Å². The molecule has 0 aliphatic rings. The van der Waals surface area contributed by atoms with Crippen molar-refractivity contribution >= 4 is 0 Å². The van der Waals surface area contributed by atoms with E-state index in [1.54, 1.807) is 24.5 Å². The molecular weight excluding hydrogens is 231 g/mol. The molecule has 1 heterocycles. The number of halogens is 1. The van der Waals surface area contributed by atoms with Crippen LogP contribution in [-0.4, -0.2) is 12.1 Å². The molecule has 0 aliphatic heterocycles. The van der Waals surface area contributed by atoms with Gasteiger partial charge in [0.15, 0.2) is 0 Å². The molecule has 1 aromatic carbocycles. The number of hydrogen-bond acceptors (Lipinski definition) is 3. The minimum atomic E-state index is -0.453. The molecule has 2 rings (SSSR count). The number of hydrogen-bond donors (Lipinski definition) is 1. The van der Waals surface area contributed by atoms with Crippen LogP contribution in [0.25, 0.3) is 0 Å². The maximum Gasteiger partial charge on any atom is 0.131 e. The maximum absolute atomic E-state index is 13.8. The third-order valence-corrected chi connectivity index (χ3v) is 2.78. The maximum atomic E-state index is 13.8. The number of ether oxygens (including phenoxy) is 1. The first kappa shape index (κ1) is 12.5. The highest BCUT2D eigenvalue weighted by atomic mass is 19.1. The lowest BCUT2D eigenvalue weighted by Gasteiger charge is -2.16. The normalized spacial score (nSPS) is 12.2. The first-order valence-electron chi connectivity index (χ1n) is 5.69. The van der Waals surface area contributed by atoms with Crippen molar-refractivity contribution in [3.8, 4) is 5.75 Å². The van der Waals surface area contributed by atoms with Crippen LogP contribution in [-0.2, 0) is 6.42 Å². The zero-order chi connectivity index (χ0) is 13.0. The Morgan fingerprint density at radius 3 is 2.83 bits per heavy atom. The Hall–Kier alpha value is -1.94. The summed E-state index contributed by atoms with van der Waals surface area (Å²) in [7, 11) is 1.51. The van der Waals surface area contributed by atoms with Gasteiger partial charge in [0.2, 0.25) is 0 Å². The summed E-state index contributed by atoms with van der Waals surface area (Å²) >= 11 is 0. The molecule has 18 heavy (non-hydrogen) atoms. The Kier molecular flexibility index (Phi) is 3.89. The number of nitrogens with two attached hydrogens (primary N) is 1. The first-order valence-corrected chi connectivity index (χ1v) is 5.69. The lowest BCUT2D eigenvalue weighted by atomic mass is 9.99. The summed E-state index contributed by atoms with van der Waals surface area (Å²) in [6, 6.07) is 8.00. The number of benzene rings is 1. The molecule has 0 spiro atoms. The highest BCUT2D eigenvalue weighted by molar-refractivity contribution is 5.37. The molecule has 0 saturated carbocycles. The van der Waals surface area contributed by atoms with Gasteiger partial charge in [-0.15, -0.1) is 0 Å². The van der Waals surface area contributed by atoms with E-state index in [-0.39, 0.29) is 5.82 Å². The molecule has 0 radical (unpaired) electrons. The average Bonchev–Trinajstić information content (AvgIpc) is 2.39. The van der Waals surface area contributed by atoms with Crippen molar-refractivity contribution in [1.29, 1.82) is 0 Å². The SMILES string of the molecule is COc1cccc(F)c1C(N)Cc1cccnc1. The smallest absolute Gasteiger partial charge is 0.131 e. The number of rotatable bonds is 4. The molecule has 0 saturated heterocycles. The van der Waals surface area contributed by atoms with Crippen LogP contribution in [0.15, 0.2) is 42.7 Å². The Labute approximate surface area is 105 Å². The van der Waals surface area contributed by atoms with Crippen molar-refractivity contribution in [2.45, 2.75) is 12.5 Å². The van der Waals surface area contributed by atoms with Crippen molar-refractivity contribution in [2.75, 3.05) is 7.11 Å². The summed E-state index contributed by atoms with van der Waals surface area (Å²) in [6.07, 6.45) is 3.94. The second-order valence-corrected chi connectivity index (χ2v) is 4.03. The number of methoxy groups -OCH3 is 1. The van der Waals surface area contributed by atoms with Gasteiger partial charge < -0.3 is 10.5 Å². The van der Waals surface area contributed by atoms with Gasteiger partial charge in [-0.1, -0.05) is 12.1 Å². The highest BCUT2D eigenvalue weighted by Gasteiger charge is 2.17. The van der Waals surface area contributed by atoms with Crippen LogP contribution >= 0.6 is 0 Å². The summed E-state index contributed by atoms with van der Waals surface area (Å²) < 4.78 is 19.0. The van der Waals surface area contributed by atoms with Crippen molar-refractivity contribution in [3.05, 3.63) is 59.7 Å². The minimum absolute atomic E-state index is 0.342. The Morgan fingerprint density at radius 2 is 2.17 bits per heavy atom. The number of pyridine rings is 1. The van der Waals surface area contributed by atoms with Gasteiger partial charge in [-0.3, -0.25) is 4.98 Å². The third kappa shape index (κ3) is 2.65. The molecule has 4 heteroatoms. The highest BCUT2D eigenvalue weighted by Crippen LogP contribution is 2.28. The molecule has 2 aromatic rings. The fourth-order valence-electron chi connectivity index (χ4n) is 1.93. The van der Waals surface area contributed by atoms with Crippen molar-refractivity contribution in [2.24, 2.45) is 5.73 Å². The summed E-state index contributed by atoms with van der Waals surface area (Å²) in [6.45, 7) is 0. The molecular formula is C14H15FN2O. The van der Waals surface area contributed by atoms with Crippen molar-refractivity contribution in [3.63, 3.8) is 0 Å². The van der Waals surface area contributed by atoms with Crippen LogP contribution < -0.4 is 10.5 Å². The second kappa shape index (κ2) is 5.60. The summed E-state index contributed by atoms with van der Waals surface area (Å²) in [4.78, 5) is 4.02. The molecule has 1 aromatic heterocycles. The van der Waals surface area contributed by atoms with Crippen LogP contribution in [0.4, 0.5) is 4.39 Å². The third-order valence-electron chi connectivity index (χ3n) is 2.78. The van der Waals surface area contributed by atoms with Crippen molar-refractivity contribution < 1.29 is 9.13 Å².